The van der Waals surface area contributed by atoms with Gasteiger partial charge in [-0.05, 0) is 38.0 Å². The Bertz CT molecular complexity index is 551. The van der Waals surface area contributed by atoms with Gasteiger partial charge in [0.25, 0.3) is 0 Å². The Kier molecular flexibility index (Phi) is 3.58. The van der Waals surface area contributed by atoms with Gasteiger partial charge in [-0.3, -0.25) is 0 Å². The second-order valence-corrected chi connectivity index (χ2v) is 7.15. The van der Waals surface area contributed by atoms with Crippen LogP contribution in [0.2, 0.25) is 5.02 Å². The first-order valence-electron chi connectivity index (χ1n) is 5.91. The highest BCUT2D eigenvalue weighted by molar-refractivity contribution is 7.89. The molecular formula is C12H17ClN2O2S. The molecule has 1 fully saturated rings. The summed E-state index contributed by atoms with van der Waals surface area (Å²) in [5.41, 5.74) is 5.57. The number of halogens is 1. The Morgan fingerprint density at radius 3 is 2.50 bits per heavy atom. The second-order valence-electron chi connectivity index (χ2n) is 5.06. The van der Waals surface area contributed by atoms with Crippen molar-refractivity contribution >= 4 is 27.3 Å². The van der Waals surface area contributed by atoms with Crippen molar-refractivity contribution in [2.24, 2.45) is 0 Å². The van der Waals surface area contributed by atoms with E-state index in [4.69, 9.17) is 17.3 Å². The highest BCUT2D eigenvalue weighted by Gasteiger charge is 2.33. The Hall–Kier alpha value is -0.780. The molecule has 1 aromatic rings. The molecule has 0 unspecified atom stereocenters. The molecule has 1 saturated carbocycles. The Balaban J connectivity index is 2.27. The molecule has 1 aliphatic rings. The molecule has 3 N–H and O–H groups in total. The highest BCUT2D eigenvalue weighted by Crippen LogP contribution is 2.31. The van der Waals surface area contributed by atoms with Crippen molar-refractivity contribution < 1.29 is 8.42 Å². The van der Waals surface area contributed by atoms with Gasteiger partial charge in [0.05, 0.1) is 15.6 Å². The number of hydrogen-bond acceptors (Lipinski definition) is 3. The van der Waals surface area contributed by atoms with Gasteiger partial charge < -0.3 is 5.73 Å². The van der Waals surface area contributed by atoms with Crippen molar-refractivity contribution in [3.63, 3.8) is 0 Å². The topological polar surface area (TPSA) is 72.2 Å². The number of nitrogens with one attached hydrogen (secondary N) is 1. The zero-order chi connectivity index (χ0) is 13.4. The zero-order valence-electron chi connectivity index (χ0n) is 10.2. The maximum atomic E-state index is 12.2. The van der Waals surface area contributed by atoms with Crippen molar-refractivity contribution in [1.29, 1.82) is 0 Å². The van der Waals surface area contributed by atoms with E-state index in [0.29, 0.717) is 5.02 Å². The third-order valence-electron chi connectivity index (χ3n) is 3.37. The standard InChI is InChI=1S/C12H17ClN2O2S/c1-12(6-2-3-7-12)15-18(16,17)9-4-5-10(13)11(14)8-9/h4-5,8,15H,2-3,6-7,14H2,1H3. The first-order valence-corrected chi connectivity index (χ1v) is 7.78. The SMILES string of the molecule is CC1(NS(=O)(=O)c2ccc(Cl)c(N)c2)CCCC1. The van der Waals surface area contributed by atoms with E-state index in [2.05, 4.69) is 4.72 Å². The predicted octanol–water partition coefficient (Wildman–Crippen LogP) is 2.53. The lowest BCUT2D eigenvalue weighted by molar-refractivity contribution is 0.427. The summed E-state index contributed by atoms with van der Waals surface area (Å²) in [6, 6.07) is 4.37. The normalized spacial score (nSPS) is 19.0. The summed E-state index contributed by atoms with van der Waals surface area (Å²) in [6.45, 7) is 1.94. The van der Waals surface area contributed by atoms with Crippen LogP contribution in [0.1, 0.15) is 32.6 Å². The number of nitrogens with two attached hydrogens (primary N) is 1. The van der Waals surface area contributed by atoms with Crippen LogP contribution < -0.4 is 10.5 Å². The maximum absolute atomic E-state index is 12.2. The third-order valence-corrected chi connectivity index (χ3v) is 5.35. The van der Waals surface area contributed by atoms with E-state index in [1.165, 1.54) is 18.2 Å². The zero-order valence-corrected chi connectivity index (χ0v) is 11.8. The molecule has 0 radical (unpaired) electrons. The van der Waals surface area contributed by atoms with Crippen molar-refractivity contribution in [2.45, 2.75) is 43.0 Å². The van der Waals surface area contributed by atoms with Crippen molar-refractivity contribution in [2.75, 3.05) is 5.73 Å². The highest BCUT2D eigenvalue weighted by atomic mass is 35.5. The first kappa shape index (κ1) is 13.6. The van der Waals surface area contributed by atoms with Crippen molar-refractivity contribution in [3.05, 3.63) is 23.2 Å². The summed E-state index contributed by atoms with van der Waals surface area (Å²) in [6.07, 6.45) is 3.86. The van der Waals surface area contributed by atoms with Gasteiger partial charge in [0.15, 0.2) is 0 Å². The number of rotatable bonds is 3. The molecule has 1 aromatic carbocycles. The summed E-state index contributed by atoms with van der Waals surface area (Å²) < 4.78 is 27.3. The number of anilines is 1. The van der Waals surface area contributed by atoms with Gasteiger partial charge in [-0.2, -0.15) is 0 Å². The molecule has 0 aromatic heterocycles. The summed E-state index contributed by atoms with van der Waals surface area (Å²) in [4.78, 5) is 0.164. The first-order chi connectivity index (χ1) is 8.32. The van der Waals surface area contributed by atoms with Crippen LogP contribution >= 0.6 is 11.6 Å². The molecule has 0 bridgehead atoms. The van der Waals surface area contributed by atoms with E-state index in [0.717, 1.165) is 25.7 Å². The Labute approximate surface area is 113 Å². The lowest BCUT2D eigenvalue weighted by Crippen LogP contribution is -2.43. The molecule has 18 heavy (non-hydrogen) atoms. The average Bonchev–Trinajstić information content (AvgIpc) is 2.67. The minimum absolute atomic E-state index is 0.164. The fraction of sp³-hybridized carbons (Fsp3) is 0.500. The summed E-state index contributed by atoms with van der Waals surface area (Å²) >= 11 is 5.79. The Morgan fingerprint density at radius 1 is 1.33 bits per heavy atom. The fourth-order valence-corrected chi connectivity index (χ4v) is 3.95. The molecule has 0 atom stereocenters. The van der Waals surface area contributed by atoms with Gasteiger partial charge in [-0.25, -0.2) is 13.1 Å². The van der Waals surface area contributed by atoms with E-state index in [9.17, 15) is 8.42 Å². The van der Waals surface area contributed by atoms with Gasteiger partial charge in [0.1, 0.15) is 0 Å². The summed E-state index contributed by atoms with van der Waals surface area (Å²) in [5, 5.41) is 0.362. The monoisotopic (exact) mass is 288 g/mol. The number of hydrogen-bond donors (Lipinski definition) is 2. The second kappa shape index (κ2) is 4.72. The van der Waals surface area contributed by atoms with Gasteiger partial charge in [0.2, 0.25) is 10.0 Å². The van der Waals surface area contributed by atoms with Gasteiger partial charge in [-0.1, -0.05) is 24.4 Å². The van der Waals surface area contributed by atoms with Gasteiger partial charge in [0, 0.05) is 5.54 Å². The van der Waals surface area contributed by atoms with Crippen LogP contribution in [0.4, 0.5) is 5.69 Å². The molecule has 0 spiro atoms. The fourth-order valence-electron chi connectivity index (χ4n) is 2.33. The molecule has 0 heterocycles. The average molecular weight is 289 g/mol. The summed E-state index contributed by atoms with van der Waals surface area (Å²) in [5.74, 6) is 0. The van der Waals surface area contributed by atoms with Crippen LogP contribution in [-0.4, -0.2) is 14.0 Å². The molecule has 1 aliphatic carbocycles. The largest absolute Gasteiger partial charge is 0.397 e. The van der Waals surface area contributed by atoms with E-state index in [-0.39, 0.29) is 16.1 Å². The minimum Gasteiger partial charge on any atom is -0.397 e. The molecule has 100 valence electrons. The number of benzene rings is 1. The van der Waals surface area contributed by atoms with Crippen LogP contribution in [0.3, 0.4) is 0 Å². The molecule has 4 nitrogen and oxygen atoms in total. The molecule has 0 amide bonds. The minimum atomic E-state index is -3.53. The van der Waals surface area contributed by atoms with Gasteiger partial charge >= 0.3 is 0 Å². The maximum Gasteiger partial charge on any atom is 0.241 e. The van der Waals surface area contributed by atoms with Crippen LogP contribution in [-0.2, 0) is 10.0 Å². The smallest absolute Gasteiger partial charge is 0.241 e. The van der Waals surface area contributed by atoms with Crippen LogP contribution in [0.15, 0.2) is 23.1 Å². The van der Waals surface area contributed by atoms with Crippen LogP contribution in [0.25, 0.3) is 0 Å². The number of nitrogen functional groups attached to an aromatic ring is 1. The van der Waals surface area contributed by atoms with Gasteiger partial charge in [-0.15, -0.1) is 0 Å². The molecule has 0 aliphatic heterocycles. The third kappa shape index (κ3) is 2.79. The lowest BCUT2D eigenvalue weighted by atomic mass is 10.0. The molecule has 0 saturated heterocycles. The molecule has 6 heteroatoms. The van der Waals surface area contributed by atoms with Crippen LogP contribution in [0.5, 0.6) is 0 Å². The van der Waals surface area contributed by atoms with Crippen LogP contribution in [0, 0.1) is 0 Å². The quantitative estimate of drug-likeness (QED) is 0.840. The molecular weight excluding hydrogens is 272 g/mol. The lowest BCUT2D eigenvalue weighted by Gasteiger charge is -2.25. The van der Waals surface area contributed by atoms with E-state index in [1.54, 1.807) is 0 Å². The predicted molar refractivity (Wildman–Crippen MR) is 73.1 cm³/mol. The summed E-state index contributed by atoms with van der Waals surface area (Å²) in [7, 11) is -3.53. The number of sulfonamides is 1. The molecule has 2 rings (SSSR count). The van der Waals surface area contributed by atoms with E-state index in [1.807, 2.05) is 6.92 Å². The van der Waals surface area contributed by atoms with Crippen molar-refractivity contribution in [1.82, 2.24) is 4.72 Å². The van der Waals surface area contributed by atoms with Crippen molar-refractivity contribution in [3.8, 4) is 0 Å². The Morgan fingerprint density at radius 2 is 1.94 bits per heavy atom. The van der Waals surface area contributed by atoms with E-state index < -0.39 is 10.0 Å². The van der Waals surface area contributed by atoms with E-state index >= 15 is 0 Å².